The van der Waals surface area contributed by atoms with Crippen molar-refractivity contribution < 1.29 is 4.79 Å². The molecule has 0 aliphatic heterocycles. The van der Waals surface area contributed by atoms with Gasteiger partial charge in [-0.2, -0.15) is 5.10 Å². The second-order valence-electron chi connectivity index (χ2n) is 4.98. The first kappa shape index (κ1) is 14.7. The average molecular weight is 304 g/mol. The van der Waals surface area contributed by atoms with Gasteiger partial charge in [0.2, 0.25) is 0 Å². The van der Waals surface area contributed by atoms with Crippen LogP contribution >= 0.6 is 0 Å². The molecular weight excluding hydrogens is 288 g/mol. The monoisotopic (exact) mass is 304 g/mol. The SMILES string of the molecule is C=CCn1cc(/C=N\NC(=O)c2cccnc2)c2ccccc21. The van der Waals surface area contributed by atoms with Gasteiger partial charge in [0.05, 0.1) is 11.8 Å². The number of amides is 1. The molecule has 0 radical (unpaired) electrons. The van der Waals surface area contributed by atoms with E-state index in [1.807, 2.05) is 36.5 Å². The van der Waals surface area contributed by atoms with Gasteiger partial charge in [0.25, 0.3) is 5.91 Å². The summed E-state index contributed by atoms with van der Waals surface area (Å²) >= 11 is 0. The lowest BCUT2D eigenvalue weighted by Gasteiger charge is -1.98. The Hall–Kier alpha value is -3.21. The standard InChI is InChI=1S/C18H16N4O/c1-2-10-22-13-15(16-7-3-4-8-17(16)22)12-20-21-18(23)14-6-5-9-19-11-14/h2-9,11-13H,1,10H2,(H,21,23)/b20-12-. The van der Waals surface area contributed by atoms with Crippen LogP contribution in [-0.4, -0.2) is 21.7 Å². The number of carbonyl (C=O) groups is 1. The van der Waals surface area contributed by atoms with E-state index in [9.17, 15) is 4.79 Å². The van der Waals surface area contributed by atoms with Crippen LogP contribution in [-0.2, 0) is 6.54 Å². The van der Waals surface area contributed by atoms with Gasteiger partial charge in [-0.1, -0.05) is 24.3 Å². The Morgan fingerprint density at radius 3 is 2.96 bits per heavy atom. The predicted octanol–water partition coefficient (Wildman–Crippen LogP) is 2.99. The Kier molecular flexibility index (Phi) is 4.29. The van der Waals surface area contributed by atoms with Crippen molar-refractivity contribution in [3.8, 4) is 0 Å². The van der Waals surface area contributed by atoms with Crippen LogP contribution in [0.5, 0.6) is 0 Å². The Balaban J connectivity index is 1.81. The van der Waals surface area contributed by atoms with Crippen molar-refractivity contribution in [2.75, 3.05) is 0 Å². The van der Waals surface area contributed by atoms with Crippen molar-refractivity contribution in [1.29, 1.82) is 0 Å². The van der Waals surface area contributed by atoms with Gasteiger partial charge in [-0.15, -0.1) is 6.58 Å². The molecule has 1 aromatic carbocycles. The third-order valence-corrected chi connectivity index (χ3v) is 3.44. The number of benzene rings is 1. The molecule has 5 nitrogen and oxygen atoms in total. The molecule has 1 amide bonds. The Labute approximate surface area is 134 Å². The minimum atomic E-state index is -0.288. The maximum Gasteiger partial charge on any atom is 0.272 e. The molecule has 1 N–H and O–H groups in total. The van der Waals surface area contributed by atoms with Crippen LogP contribution in [0.1, 0.15) is 15.9 Å². The number of aromatic nitrogens is 2. The van der Waals surface area contributed by atoms with Crippen LogP contribution in [0.2, 0.25) is 0 Å². The third kappa shape index (κ3) is 3.18. The van der Waals surface area contributed by atoms with Gasteiger partial charge in [-0.25, -0.2) is 5.43 Å². The molecule has 5 heteroatoms. The molecule has 0 saturated carbocycles. The molecule has 0 spiro atoms. The zero-order valence-corrected chi connectivity index (χ0v) is 12.5. The summed E-state index contributed by atoms with van der Waals surface area (Å²) in [5, 5.41) is 5.13. The number of carbonyl (C=O) groups excluding carboxylic acids is 1. The van der Waals surface area contributed by atoms with E-state index >= 15 is 0 Å². The number of fused-ring (bicyclic) bond motifs is 1. The Morgan fingerprint density at radius 2 is 2.17 bits per heavy atom. The van der Waals surface area contributed by atoms with E-state index in [4.69, 9.17) is 0 Å². The van der Waals surface area contributed by atoms with E-state index in [1.165, 1.54) is 6.20 Å². The van der Waals surface area contributed by atoms with Gasteiger partial charge in [0.1, 0.15) is 0 Å². The van der Waals surface area contributed by atoms with E-state index < -0.39 is 0 Å². The van der Waals surface area contributed by atoms with E-state index in [2.05, 4.69) is 26.7 Å². The molecule has 0 saturated heterocycles. The highest BCUT2D eigenvalue weighted by molar-refractivity contribution is 6.00. The van der Waals surface area contributed by atoms with Crippen molar-refractivity contribution >= 4 is 23.0 Å². The molecule has 114 valence electrons. The lowest BCUT2D eigenvalue weighted by molar-refractivity contribution is 0.0955. The highest BCUT2D eigenvalue weighted by Crippen LogP contribution is 2.19. The summed E-state index contributed by atoms with van der Waals surface area (Å²) < 4.78 is 2.09. The Morgan fingerprint density at radius 1 is 1.30 bits per heavy atom. The van der Waals surface area contributed by atoms with Crippen LogP contribution in [0.25, 0.3) is 10.9 Å². The fraction of sp³-hybridized carbons (Fsp3) is 0.0556. The molecule has 0 unspecified atom stereocenters. The molecule has 2 heterocycles. The molecular formula is C18H16N4O. The van der Waals surface area contributed by atoms with Crippen LogP contribution < -0.4 is 5.43 Å². The number of rotatable bonds is 5. The van der Waals surface area contributed by atoms with Crippen molar-refractivity contribution in [1.82, 2.24) is 15.0 Å². The lowest BCUT2D eigenvalue weighted by atomic mass is 10.2. The second kappa shape index (κ2) is 6.70. The summed E-state index contributed by atoms with van der Waals surface area (Å²) in [6.07, 6.45) is 8.61. The maximum absolute atomic E-state index is 11.9. The average Bonchev–Trinajstić information content (AvgIpc) is 2.94. The van der Waals surface area contributed by atoms with Gasteiger partial charge < -0.3 is 4.57 Å². The molecule has 0 aliphatic rings. The third-order valence-electron chi connectivity index (χ3n) is 3.44. The molecule has 0 aliphatic carbocycles. The smallest absolute Gasteiger partial charge is 0.272 e. The summed E-state index contributed by atoms with van der Waals surface area (Å²) in [6.45, 7) is 4.49. The fourth-order valence-corrected chi connectivity index (χ4v) is 2.39. The number of para-hydroxylation sites is 1. The van der Waals surface area contributed by atoms with Crippen molar-refractivity contribution in [2.24, 2.45) is 5.10 Å². The number of hydrogen-bond donors (Lipinski definition) is 1. The first-order valence-corrected chi connectivity index (χ1v) is 7.22. The normalized spacial score (nSPS) is 11.0. The quantitative estimate of drug-likeness (QED) is 0.447. The first-order chi connectivity index (χ1) is 11.3. The number of nitrogens with one attached hydrogen (secondary N) is 1. The van der Waals surface area contributed by atoms with E-state index in [1.54, 1.807) is 24.5 Å². The zero-order chi connectivity index (χ0) is 16.1. The van der Waals surface area contributed by atoms with Gasteiger partial charge >= 0.3 is 0 Å². The molecule has 3 rings (SSSR count). The van der Waals surface area contributed by atoms with Gasteiger partial charge in [-0.05, 0) is 18.2 Å². The van der Waals surface area contributed by atoms with Crippen LogP contribution in [0, 0.1) is 0 Å². The highest BCUT2D eigenvalue weighted by Gasteiger charge is 2.06. The topological polar surface area (TPSA) is 59.3 Å². The van der Waals surface area contributed by atoms with E-state index in [0.29, 0.717) is 5.56 Å². The van der Waals surface area contributed by atoms with Gasteiger partial charge in [-0.3, -0.25) is 9.78 Å². The fourth-order valence-electron chi connectivity index (χ4n) is 2.39. The van der Waals surface area contributed by atoms with Crippen molar-refractivity contribution in [2.45, 2.75) is 6.54 Å². The van der Waals surface area contributed by atoms with Crippen LogP contribution in [0.4, 0.5) is 0 Å². The summed E-state index contributed by atoms with van der Waals surface area (Å²) in [7, 11) is 0. The van der Waals surface area contributed by atoms with Crippen LogP contribution in [0.15, 0.2) is 72.7 Å². The van der Waals surface area contributed by atoms with E-state index in [0.717, 1.165) is 23.0 Å². The molecule has 23 heavy (non-hydrogen) atoms. The van der Waals surface area contributed by atoms with Gasteiger partial charge in [0.15, 0.2) is 0 Å². The highest BCUT2D eigenvalue weighted by atomic mass is 16.2. The summed E-state index contributed by atoms with van der Waals surface area (Å²) in [6, 6.07) is 11.4. The molecule has 0 fully saturated rings. The summed E-state index contributed by atoms with van der Waals surface area (Å²) in [4.78, 5) is 15.8. The number of hydrazone groups is 1. The Bertz CT molecular complexity index is 865. The maximum atomic E-state index is 11.9. The molecule has 0 atom stereocenters. The number of pyridine rings is 1. The number of allylic oxidation sites excluding steroid dienone is 1. The van der Waals surface area contributed by atoms with E-state index in [-0.39, 0.29) is 5.91 Å². The predicted molar refractivity (Wildman–Crippen MR) is 91.4 cm³/mol. The molecule has 2 aromatic heterocycles. The number of nitrogens with zero attached hydrogens (tertiary/aromatic N) is 3. The van der Waals surface area contributed by atoms with Gasteiger partial charge in [0, 0.05) is 41.6 Å². The first-order valence-electron chi connectivity index (χ1n) is 7.22. The minimum Gasteiger partial charge on any atom is -0.343 e. The van der Waals surface area contributed by atoms with Crippen LogP contribution in [0.3, 0.4) is 0 Å². The molecule has 0 bridgehead atoms. The molecule has 3 aromatic rings. The number of hydrogen-bond acceptors (Lipinski definition) is 3. The van der Waals surface area contributed by atoms with Crippen molar-refractivity contribution in [3.63, 3.8) is 0 Å². The largest absolute Gasteiger partial charge is 0.343 e. The minimum absolute atomic E-state index is 0.288. The lowest BCUT2D eigenvalue weighted by Crippen LogP contribution is -2.17. The van der Waals surface area contributed by atoms with Crippen molar-refractivity contribution in [3.05, 3.63) is 78.8 Å². The summed E-state index contributed by atoms with van der Waals surface area (Å²) in [5.41, 5.74) is 5.03. The summed E-state index contributed by atoms with van der Waals surface area (Å²) in [5.74, 6) is -0.288. The second-order valence-corrected chi connectivity index (χ2v) is 4.98. The zero-order valence-electron chi connectivity index (χ0n) is 12.5.